The second-order valence-electron chi connectivity index (χ2n) is 12.5. The number of halogens is 1. The maximum atomic E-state index is 13.3. The summed E-state index contributed by atoms with van der Waals surface area (Å²) in [6.45, 7) is 7.63. The topological polar surface area (TPSA) is 90.9 Å². The van der Waals surface area contributed by atoms with E-state index in [1.54, 1.807) is 31.2 Å². The van der Waals surface area contributed by atoms with Gasteiger partial charge in [-0.1, -0.05) is 72.3 Å². The van der Waals surface area contributed by atoms with E-state index in [9.17, 15) is 14.4 Å². The number of esters is 2. The number of rotatable bonds is 10. The van der Waals surface area contributed by atoms with E-state index in [0.717, 1.165) is 27.8 Å². The zero-order chi connectivity index (χ0) is 32.9. The molecule has 1 N–H and O–H groups in total. The van der Waals surface area contributed by atoms with Gasteiger partial charge in [-0.25, -0.2) is 9.59 Å². The van der Waals surface area contributed by atoms with Crippen LogP contribution in [0.25, 0.3) is 11.1 Å². The molecule has 0 spiro atoms. The van der Waals surface area contributed by atoms with Gasteiger partial charge in [-0.05, 0) is 85.8 Å². The van der Waals surface area contributed by atoms with Gasteiger partial charge in [0.1, 0.15) is 23.5 Å². The Kier molecular flexibility index (Phi) is 9.82. The first-order chi connectivity index (χ1) is 21.9. The highest BCUT2D eigenvalue weighted by atomic mass is 35.5. The summed E-state index contributed by atoms with van der Waals surface area (Å²) in [5.41, 5.74) is 4.17. The normalized spacial score (nSPS) is 15.5. The van der Waals surface area contributed by atoms with Gasteiger partial charge in [0.25, 0.3) is 0 Å². The van der Waals surface area contributed by atoms with Gasteiger partial charge in [0.05, 0.1) is 18.6 Å². The molecule has 4 aromatic carbocycles. The van der Waals surface area contributed by atoms with Gasteiger partial charge in [-0.3, -0.25) is 4.79 Å². The first-order valence-corrected chi connectivity index (χ1v) is 15.7. The number of hydrogen-bond acceptors (Lipinski definition) is 6. The van der Waals surface area contributed by atoms with Crippen molar-refractivity contribution in [1.82, 2.24) is 5.32 Å². The minimum atomic E-state index is -1.18. The molecule has 0 radical (unpaired) electrons. The Labute approximate surface area is 274 Å². The van der Waals surface area contributed by atoms with Crippen LogP contribution in [-0.4, -0.2) is 35.6 Å². The van der Waals surface area contributed by atoms with E-state index in [2.05, 4.69) is 11.4 Å². The lowest BCUT2D eigenvalue weighted by Crippen LogP contribution is -2.56. The molecule has 4 aromatic rings. The molecule has 238 valence electrons. The van der Waals surface area contributed by atoms with Gasteiger partial charge in [-0.2, -0.15) is 0 Å². The molecule has 0 aromatic heterocycles. The van der Waals surface area contributed by atoms with E-state index < -0.39 is 23.1 Å². The van der Waals surface area contributed by atoms with Crippen LogP contribution in [0.4, 0.5) is 0 Å². The molecule has 0 saturated heterocycles. The van der Waals surface area contributed by atoms with Crippen molar-refractivity contribution in [3.8, 4) is 16.9 Å². The largest absolute Gasteiger partial charge is 0.489 e. The second-order valence-corrected chi connectivity index (χ2v) is 12.9. The van der Waals surface area contributed by atoms with E-state index >= 15 is 0 Å². The van der Waals surface area contributed by atoms with Crippen molar-refractivity contribution in [3.05, 3.63) is 124 Å². The van der Waals surface area contributed by atoms with E-state index in [0.29, 0.717) is 34.7 Å². The van der Waals surface area contributed by atoms with E-state index in [4.69, 9.17) is 25.8 Å². The molecule has 46 heavy (non-hydrogen) atoms. The maximum absolute atomic E-state index is 13.3. The second kappa shape index (κ2) is 13.8. The van der Waals surface area contributed by atoms with Crippen LogP contribution < -0.4 is 10.1 Å². The van der Waals surface area contributed by atoms with Crippen LogP contribution in [-0.2, 0) is 44.9 Å². The van der Waals surface area contributed by atoms with Gasteiger partial charge in [-0.15, -0.1) is 0 Å². The van der Waals surface area contributed by atoms with E-state index in [1.807, 2.05) is 81.4 Å². The fourth-order valence-electron chi connectivity index (χ4n) is 5.59. The smallest absolute Gasteiger partial charge is 0.339 e. The molecule has 1 amide bonds. The number of ether oxygens (including phenoxy) is 3. The van der Waals surface area contributed by atoms with E-state index in [-0.39, 0.29) is 25.5 Å². The van der Waals surface area contributed by atoms with Crippen LogP contribution in [0, 0.1) is 0 Å². The minimum absolute atomic E-state index is 0.0787. The Morgan fingerprint density at radius 2 is 1.52 bits per heavy atom. The van der Waals surface area contributed by atoms with Crippen molar-refractivity contribution in [3.63, 3.8) is 0 Å². The molecule has 0 bridgehead atoms. The summed E-state index contributed by atoms with van der Waals surface area (Å²) in [7, 11) is 0. The number of nitrogens with one attached hydrogen (secondary N) is 1. The number of amides is 1. The van der Waals surface area contributed by atoms with Gasteiger partial charge in [0.15, 0.2) is 0 Å². The Morgan fingerprint density at radius 1 is 0.848 bits per heavy atom. The highest BCUT2D eigenvalue weighted by Crippen LogP contribution is 2.35. The third-order valence-electron chi connectivity index (χ3n) is 7.73. The number of carbonyl (C=O) groups excluding carboxylic acids is 3. The number of benzene rings is 4. The molecular formula is C38H38ClNO6. The van der Waals surface area contributed by atoms with Crippen molar-refractivity contribution in [2.45, 2.75) is 64.7 Å². The van der Waals surface area contributed by atoms with Gasteiger partial charge < -0.3 is 19.5 Å². The maximum Gasteiger partial charge on any atom is 0.339 e. The molecule has 1 aliphatic rings. The Hall–Kier alpha value is -4.62. The van der Waals surface area contributed by atoms with E-state index in [1.165, 1.54) is 0 Å². The van der Waals surface area contributed by atoms with Crippen molar-refractivity contribution in [2.24, 2.45) is 0 Å². The molecular weight excluding hydrogens is 602 g/mol. The number of carbonyl (C=O) groups is 3. The molecule has 8 heteroatoms. The molecule has 0 saturated carbocycles. The monoisotopic (exact) mass is 639 g/mol. The summed E-state index contributed by atoms with van der Waals surface area (Å²) in [4.78, 5) is 39.3. The average molecular weight is 640 g/mol. The van der Waals surface area contributed by atoms with Crippen LogP contribution in [0.2, 0.25) is 5.02 Å². The Morgan fingerprint density at radius 3 is 2.22 bits per heavy atom. The van der Waals surface area contributed by atoms with Crippen molar-refractivity contribution < 1.29 is 28.6 Å². The van der Waals surface area contributed by atoms with Crippen LogP contribution >= 0.6 is 11.6 Å². The summed E-state index contributed by atoms with van der Waals surface area (Å²) in [5.74, 6) is -0.531. The third kappa shape index (κ3) is 7.96. The zero-order valence-electron chi connectivity index (χ0n) is 26.5. The summed E-state index contributed by atoms with van der Waals surface area (Å²) in [6.07, 6.45) is 0.770. The van der Waals surface area contributed by atoms with Crippen LogP contribution in [0.15, 0.2) is 91.0 Å². The quantitative estimate of drug-likeness (QED) is 0.183. The molecule has 5 rings (SSSR count). The molecule has 1 unspecified atom stereocenters. The fourth-order valence-corrected chi connectivity index (χ4v) is 5.72. The molecule has 0 heterocycles. The predicted octanol–water partition coefficient (Wildman–Crippen LogP) is 7.30. The lowest BCUT2D eigenvalue weighted by Gasteiger charge is -2.28. The minimum Gasteiger partial charge on any atom is -0.489 e. The SMILES string of the molecule is CCOC(=O)C1(NC(=O)Cc2ccc(OCc3ccccc3C(=O)OC(C)(C)C)cc2)Cc2ccc(-c3ccc(Cl)cc3)cc2C1. The third-order valence-corrected chi connectivity index (χ3v) is 7.98. The first-order valence-electron chi connectivity index (χ1n) is 15.3. The van der Waals surface area contributed by atoms with Gasteiger partial charge >= 0.3 is 11.9 Å². The molecule has 0 aliphatic heterocycles. The van der Waals surface area contributed by atoms with Crippen molar-refractivity contribution in [2.75, 3.05) is 6.61 Å². The Bertz CT molecular complexity index is 1730. The van der Waals surface area contributed by atoms with Crippen molar-refractivity contribution >= 4 is 29.4 Å². The van der Waals surface area contributed by atoms with Gasteiger partial charge in [0, 0.05) is 23.4 Å². The highest BCUT2D eigenvalue weighted by molar-refractivity contribution is 6.30. The molecule has 0 fully saturated rings. The Balaban J connectivity index is 1.23. The van der Waals surface area contributed by atoms with Crippen molar-refractivity contribution in [1.29, 1.82) is 0 Å². The highest BCUT2D eigenvalue weighted by Gasteiger charge is 2.46. The fraction of sp³-hybridized carbons (Fsp3) is 0.289. The molecule has 1 aliphatic carbocycles. The van der Waals surface area contributed by atoms with Crippen LogP contribution in [0.3, 0.4) is 0 Å². The van der Waals surface area contributed by atoms with Crippen LogP contribution in [0.5, 0.6) is 5.75 Å². The van der Waals surface area contributed by atoms with Gasteiger partial charge in [0.2, 0.25) is 5.91 Å². The number of hydrogen-bond donors (Lipinski definition) is 1. The standard InChI is InChI=1S/C38H38ClNO6/c1-5-44-36(43)38(22-28-13-12-27(21-30(28)23-38)26-14-16-31(39)17-15-26)40-34(41)20-25-10-18-32(19-11-25)45-24-29-8-6-7-9-33(29)35(42)46-37(2,3)4/h6-19,21H,5,20,22-24H2,1-4H3,(H,40,41). The summed E-state index contributed by atoms with van der Waals surface area (Å²) < 4.78 is 16.9. The van der Waals surface area contributed by atoms with Crippen LogP contribution in [0.1, 0.15) is 60.3 Å². The lowest BCUT2D eigenvalue weighted by atomic mass is 9.95. The summed E-state index contributed by atoms with van der Waals surface area (Å²) in [6, 6.07) is 28.1. The average Bonchev–Trinajstić information content (AvgIpc) is 3.39. The first kappa shape index (κ1) is 32.8. The lowest BCUT2D eigenvalue weighted by molar-refractivity contribution is -0.153. The zero-order valence-corrected chi connectivity index (χ0v) is 27.3. The molecule has 1 atom stereocenters. The summed E-state index contributed by atoms with van der Waals surface area (Å²) in [5, 5.41) is 3.69. The number of fused-ring (bicyclic) bond motifs is 1. The molecule has 7 nitrogen and oxygen atoms in total. The predicted molar refractivity (Wildman–Crippen MR) is 178 cm³/mol. The summed E-state index contributed by atoms with van der Waals surface area (Å²) >= 11 is 6.06.